The second-order valence-corrected chi connectivity index (χ2v) is 9.00. The molecule has 4 heteroatoms. The van der Waals surface area contributed by atoms with Gasteiger partial charge in [-0.3, -0.25) is 0 Å². The summed E-state index contributed by atoms with van der Waals surface area (Å²) in [6.07, 6.45) is 2.24. The van der Waals surface area contributed by atoms with Gasteiger partial charge in [0.15, 0.2) is 0 Å². The SMILES string of the molecule is C=C(COC(C)COC(C)COC(C)COC)c1cccc(C(=CC)C(C)(C)C)c1. The van der Waals surface area contributed by atoms with Crippen LogP contribution in [0.3, 0.4) is 0 Å². The van der Waals surface area contributed by atoms with Gasteiger partial charge in [-0.1, -0.05) is 51.6 Å². The van der Waals surface area contributed by atoms with Gasteiger partial charge in [0.25, 0.3) is 0 Å². The van der Waals surface area contributed by atoms with Gasteiger partial charge in [-0.15, -0.1) is 0 Å². The van der Waals surface area contributed by atoms with Gasteiger partial charge in [-0.25, -0.2) is 0 Å². The summed E-state index contributed by atoms with van der Waals surface area (Å²) in [5.74, 6) is 0. The van der Waals surface area contributed by atoms with Gasteiger partial charge in [0, 0.05) is 7.11 Å². The van der Waals surface area contributed by atoms with E-state index in [4.69, 9.17) is 18.9 Å². The van der Waals surface area contributed by atoms with Crippen molar-refractivity contribution in [2.45, 2.75) is 66.8 Å². The lowest BCUT2D eigenvalue weighted by molar-refractivity contribution is -0.0736. The van der Waals surface area contributed by atoms with Crippen LogP contribution in [0.2, 0.25) is 0 Å². The first-order valence-electron chi connectivity index (χ1n) is 10.9. The Kier molecular flexibility index (Phi) is 11.6. The third kappa shape index (κ3) is 9.57. The number of ether oxygens (including phenoxy) is 4. The van der Waals surface area contributed by atoms with Crippen molar-refractivity contribution in [2.75, 3.05) is 33.5 Å². The highest BCUT2D eigenvalue weighted by Gasteiger charge is 2.18. The molecule has 3 atom stereocenters. The predicted molar refractivity (Wildman–Crippen MR) is 127 cm³/mol. The molecule has 3 unspecified atom stereocenters. The molecule has 0 aliphatic rings. The average molecular weight is 419 g/mol. The number of hydrogen-bond donors (Lipinski definition) is 0. The van der Waals surface area contributed by atoms with E-state index in [1.165, 1.54) is 11.1 Å². The normalized spacial score (nSPS) is 15.7. The first-order valence-corrected chi connectivity index (χ1v) is 10.9. The van der Waals surface area contributed by atoms with E-state index in [9.17, 15) is 0 Å². The maximum atomic E-state index is 5.97. The first-order chi connectivity index (χ1) is 14.1. The van der Waals surface area contributed by atoms with Gasteiger partial charge in [0.2, 0.25) is 0 Å². The molecule has 0 radical (unpaired) electrons. The van der Waals surface area contributed by atoms with E-state index in [-0.39, 0.29) is 23.7 Å². The molecule has 0 amide bonds. The van der Waals surface area contributed by atoms with Crippen LogP contribution in [0, 0.1) is 5.41 Å². The summed E-state index contributed by atoms with van der Waals surface area (Å²) in [6.45, 7) is 21.2. The minimum absolute atomic E-state index is 0.00638. The summed E-state index contributed by atoms with van der Waals surface area (Å²) in [5.41, 5.74) is 4.74. The molecule has 4 nitrogen and oxygen atoms in total. The molecule has 0 aliphatic heterocycles. The van der Waals surface area contributed by atoms with Gasteiger partial charge in [0.1, 0.15) is 0 Å². The van der Waals surface area contributed by atoms with E-state index >= 15 is 0 Å². The molecule has 1 rings (SSSR count). The Morgan fingerprint density at radius 2 is 1.47 bits per heavy atom. The van der Waals surface area contributed by atoms with Crippen LogP contribution in [-0.4, -0.2) is 51.8 Å². The van der Waals surface area contributed by atoms with E-state index in [1.807, 2.05) is 20.8 Å². The van der Waals surface area contributed by atoms with E-state index in [0.29, 0.717) is 26.4 Å². The molecule has 1 aromatic rings. The number of rotatable bonds is 13. The fraction of sp³-hybridized carbons (Fsp3) is 0.615. The molecule has 30 heavy (non-hydrogen) atoms. The zero-order valence-electron chi connectivity index (χ0n) is 20.3. The lowest BCUT2D eigenvalue weighted by Crippen LogP contribution is -2.26. The van der Waals surface area contributed by atoms with Crippen LogP contribution in [0.15, 0.2) is 36.9 Å². The Morgan fingerprint density at radius 1 is 0.933 bits per heavy atom. The zero-order valence-corrected chi connectivity index (χ0v) is 20.3. The lowest BCUT2D eigenvalue weighted by atomic mass is 9.81. The molecule has 0 saturated carbocycles. The predicted octanol–water partition coefficient (Wildman–Crippen LogP) is 6.01. The molecule has 0 N–H and O–H groups in total. The summed E-state index contributed by atoms with van der Waals surface area (Å²) >= 11 is 0. The van der Waals surface area contributed by atoms with Gasteiger partial charge in [-0.05, 0) is 61.4 Å². The van der Waals surface area contributed by atoms with Crippen molar-refractivity contribution >= 4 is 11.1 Å². The van der Waals surface area contributed by atoms with Crippen molar-refractivity contribution in [3.63, 3.8) is 0 Å². The maximum Gasteiger partial charge on any atom is 0.0785 e. The number of methoxy groups -OCH3 is 1. The van der Waals surface area contributed by atoms with Crippen molar-refractivity contribution < 1.29 is 18.9 Å². The van der Waals surface area contributed by atoms with E-state index in [0.717, 1.165) is 11.1 Å². The van der Waals surface area contributed by atoms with Crippen molar-refractivity contribution in [3.8, 4) is 0 Å². The Bertz CT molecular complexity index is 672. The molecule has 0 saturated heterocycles. The lowest BCUT2D eigenvalue weighted by Gasteiger charge is -2.24. The third-order valence-electron chi connectivity index (χ3n) is 4.85. The summed E-state index contributed by atoms with van der Waals surface area (Å²) < 4.78 is 22.6. The minimum atomic E-state index is -0.0237. The van der Waals surface area contributed by atoms with Crippen LogP contribution in [0.25, 0.3) is 11.1 Å². The standard InChI is InChI=1S/C26H42O4/c1-10-25(26(6,7)8)24-13-11-12-23(14-24)19(2)15-28-21(4)17-30-22(5)18-29-20(3)16-27-9/h10-14,20-22H,2,15-18H2,1,3-9H3. The molecule has 170 valence electrons. The number of hydrogen-bond acceptors (Lipinski definition) is 4. The highest BCUT2D eigenvalue weighted by atomic mass is 16.6. The quantitative estimate of drug-likeness (QED) is 0.393. The van der Waals surface area contributed by atoms with E-state index in [2.05, 4.69) is 64.6 Å². The molecule has 0 heterocycles. The first kappa shape index (κ1) is 26.6. The van der Waals surface area contributed by atoms with E-state index < -0.39 is 0 Å². The molecule has 0 aliphatic carbocycles. The Labute approximate surface area is 184 Å². The summed E-state index contributed by atoms with van der Waals surface area (Å²) in [5, 5.41) is 0. The number of allylic oxidation sites excluding steroid dienone is 2. The Balaban J connectivity index is 2.50. The van der Waals surface area contributed by atoms with Crippen LogP contribution in [0.4, 0.5) is 0 Å². The molecular weight excluding hydrogens is 376 g/mol. The van der Waals surface area contributed by atoms with Crippen molar-refractivity contribution in [3.05, 3.63) is 48.0 Å². The molecule has 1 aromatic carbocycles. The van der Waals surface area contributed by atoms with Crippen LogP contribution < -0.4 is 0 Å². The van der Waals surface area contributed by atoms with E-state index in [1.54, 1.807) is 7.11 Å². The van der Waals surface area contributed by atoms with Crippen LogP contribution >= 0.6 is 0 Å². The van der Waals surface area contributed by atoms with Gasteiger partial charge in [-0.2, -0.15) is 0 Å². The topological polar surface area (TPSA) is 36.9 Å². The largest absolute Gasteiger partial charge is 0.382 e. The van der Waals surface area contributed by atoms with Crippen LogP contribution in [-0.2, 0) is 18.9 Å². The van der Waals surface area contributed by atoms with Crippen LogP contribution in [0.5, 0.6) is 0 Å². The molecule has 0 aromatic heterocycles. The van der Waals surface area contributed by atoms with Crippen molar-refractivity contribution in [2.24, 2.45) is 5.41 Å². The fourth-order valence-corrected chi connectivity index (χ4v) is 3.24. The van der Waals surface area contributed by atoms with Gasteiger partial charge < -0.3 is 18.9 Å². The highest BCUT2D eigenvalue weighted by molar-refractivity contribution is 5.74. The summed E-state index contributed by atoms with van der Waals surface area (Å²) in [6, 6.07) is 8.54. The third-order valence-corrected chi connectivity index (χ3v) is 4.85. The van der Waals surface area contributed by atoms with Crippen LogP contribution in [0.1, 0.15) is 59.6 Å². The zero-order chi connectivity index (χ0) is 22.7. The molecule has 0 bridgehead atoms. The minimum Gasteiger partial charge on any atom is -0.382 e. The fourth-order valence-electron chi connectivity index (χ4n) is 3.24. The van der Waals surface area contributed by atoms with Crippen molar-refractivity contribution in [1.82, 2.24) is 0 Å². The second kappa shape index (κ2) is 13.1. The Morgan fingerprint density at radius 3 is 2.00 bits per heavy atom. The summed E-state index contributed by atoms with van der Waals surface area (Å²) in [4.78, 5) is 0. The smallest absolute Gasteiger partial charge is 0.0785 e. The number of benzene rings is 1. The highest BCUT2D eigenvalue weighted by Crippen LogP contribution is 2.34. The summed E-state index contributed by atoms with van der Waals surface area (Å²) in [7, 11) is 1.67. The molecule has 0 spiro atoms. The molecule has 0 fully saturated rings. The monoisotopic (exact) mass is 418 g/mol. The Hall–Kier alpha value is -1.46. The molecular formula is C26H42O4. The maximum absolute atomic E-state index is 5.97. The van der Waals surface area contributed by atoms with Crippen molar-refractivity contribution in [1.29, 1.82) is 0 Å². The van der Waals surface area contributed by atoms with Gasteiger partial charge >= 0.3 is 0 Å². The van der Waals surface area contributed by atoms with Gasteiger partial charge in [0.05, 0.1) is 44.7 Å². The second-order valence-electron chi connectivity index (χ2n) is 9.00. The average Bonchev–Trinajstić information content (AvgIpc) is 2.68.